The molecule has 6 nitrogen and oxygen atoms in total. The smallest absolute Gasteiger partial charge is 0.227 e. The first-order valence-corrected chi connectivity index (χ1v) is 10.2. The molecule has 0 radical (unpaired) electrons. The molecule has 3 heterocycles. The number of hydrogen-bond acceptors (Lipinski definition) is 4. The Labute approximate surface area is 160 Å². The number of rotatable bonds is 5. The summed E-state index contributed by atoms with van der Waals surface area (Å²) in [5.41, 5.74) is 1.48. The number of benzene rings is 1. The van der Waals surface area contributed by atoms with Gasteiger partial charge in [0.25, 0.3) is 0 Å². The van der Waals surface area contributed by atoms with Crippen molar-refractivity contribution in [2.24, 2.45) is 5.92 Å². The maximum atomic E-state index is 12.6. The second kappa shape index (κ2) is 7.89. The van der Waals surface area contributed by atoms with Crippen molar-refractivity contribution in [1.29, 1.82) is 0 Å². The molecule has 0 aliphatic carbocycles. The molecule has 3 saturated heterocycles. The fraction of sp³-hybridized carbons (Fsp3) is 0.619. The molecule has 4 rings (SSSR count). The number of hydrogen-bond donors (Lipinski definition) is 2. The maximum Gasteiger partial charge on any atom is 0.227 e. The van der Waals surface area contributed by atoms with Crippen LogP contribution in [0.5, 0.6) is 5.75 Å². The zero-order valence-electron chi connectivity index (χ0n) is 16.0. The fourth-order valence-electron chi connectivity index (χ4n) is 4.86. The molecule has 2 N–H and O–H groups in total. The topological polar surface area (TPSA) is 70.7 Å². The van der Waals surface area contributed by atoms with Crippen molar-refractivity contribution in [2.45, 2.75) is 63.5 Å². The zero-order chi connectivity index (χ0) is 18.8. The number of anilines is 2. The molecule has 2 unspecified atom stereocenters. The van der Waals surface area contributed by atoms with Crippen LogP contribution in [-0.2, 0) is 9.59 Å². The van der Waals surface area contributed by atoms with E-state index in [1.807, 2.05) is 18.2 Å². The molecule has 0 saturated carbocycles. The summed E-state index contributed by atoms with van der Waals surface area (Å²) < 4.78 is 5.45. The lowest BCUT2D eigenvalue weighted by Gasteiger charge is -2.29. The lowest BCUT2D eigenvalue weighted by atomic mass is 9.89. The minimum atomic E-state index is 0.0578. The minimum absolute atomic E-state index is 0.0578. The number of piperidine rings is 2. The van der Waals surface area contributed by atoms with Gasteiger partial charge >= 0.3 is 0 Å². The SMILES string of the molecule is COc1ccc(NC(=O)CC2CC3CCC(C2)N3)cc1N1CCCCC1=O. The van der Waals surface area contributed by atoms with E-state index >= 15 is 0 Å². The Bertz CT molecular complexity index is 709. The molecule has 146 valence electrons. The van der Waals surface area contributed by atoms with Crippen LogP contribution >= 0.6 is 0 Å². The molecule has 0 aromatic heterocycles. The van der Waals surface area contributed by atoms with Crippen LogP contribution in [-0.4, -0.2) is 37.6 Å². The highest BCUT2D eigenvalue weighted by Crippen LogP contribution is 2.35. The quantitative estimate of drug-likeness (QED) is 0.834. The molecule has 27 heavy (non-hydrogen) atoms. The van der Waals surface area contributed by atoms with Gasteiger partial charge in [0.05, 0.1) is 12.8 Å². The molecule has 3 fully saturated rings. The van der Waals surface area contributed by atoms with Gasteiger partial charge in [-0.25, -0.2) is 0 Å². The van der Waals surface area contributed by atoms with E-state index in [2.05, 4.69) is 10.6 Å². The average Bonchev–Trinajstić information content (AvgIpc) is 3.00. The summed E-state index contributed by atoms with van der Waals surface area (Å²) in [7, 11) is 1.61. The van der Waals surface area contributed by atoms with Gasteiger partial charge < -0.3 is 20.3 Å². The number of nitrogens with zero attached hydrogens (tertiary/aromatic N) is 1. The van der Waals surface area contributed by atoms with Gasteiger partial charge in [0.15, 0.2) is 0 Å². The van der Waals surface area contributed by atoms with E-state index in [4.69, 9.17) is 4.74 Å². The van der Waals surface area contributed by atoms with Crippen molar-refractivity contribution in [2.75, 3.05) is 23.9 Å². The average molecular weight is 371 g/mol. The van der Waals surface area contributed by atoms with E-state index in [9.17, 15) is 9.59 Å². The molecular formula is C21H29N3O3. The first-order valence-electron chi connectivity index (χ1n) is 10.2. The predicted molar refractivity (Wildman–Crippen MR) is 105 cm³/mol. The van der Waals surface area contributed by atoms with E-state index in [-0.39, 0.29) is 11.8 Å². The fourth-order valence-corrected chi connectivity index (χ4v) is 4.86. The molecule has 3 aliphatic heterocycles. The number of carbonyl (C=O) groups is 2. The van der Waals surface area contributed by atoms with Crippen LogP contribution in [0.15, 0.2) is 18.2 Å². The summed E-state index contributed by atoms with van der Waals surface area (Å²) in [5, 5.41) is 6.65. The number of ether oxygens (including phenoxy) is 1. The first-order chi connectivity index (χ1) is 13.1. The predicted octanol–water partition coefficient (Wildman–Crippen LogP) is 3.07. The summed E-state index contributed by atoms with van der Waals surface area (Å²) in [6.07, 6.45) is 7.75. The molecular weight excluding hydrogens is 342 g/mol. The van der Waals surface area contributed by atoms with Crippen LogP contribution in [0, 0.1) is 5.92 Å². The van der Waals surface area contributed by atoms with Crippen molar-refractivity contribution in [3.63, 3.8) is 0 Å². The summed E-state index contributed by atoms with van der Waals surface area (Å²) in [5.74, 6) is 1.30. The van der Waals surface area contributed by atoms with Gasteiger partial charge in [-0.05, 0) is 62.6 Å². The number of nitrogens with one attached hydrogen (secondary N) is 2. The van der Waals surface area contributed by atoms with Crippen LogP contribution in [0.25, 0.3) is 0 Å². The van der Waals surface area contributed by atoms with Crippen LogP contribution in [0.3, 0.4) is 0 Å². The van der Waals surface area contributed by atoms with Gasteiger partial charge in [0.2, 0.25) is 11.8 Å². The highest BCUT2D eigenvalue weighted by atomic mass is 16.5. The highest BCUT2D eigenvalue weighted by molar-refractivity contribution is 5.97. The Morgan fingerprint density at radius 3 is 2.74 bits per heavy atom. The van der Waals surface area contributed by atoms with Crippen molar-refractivity contribution >= 4 is 23.2 Å². The monoisotopic (exact) mass is 371 g/mol. The molecule has 6 heteroatoms. The summed E-state index contributed by atoms with van der Waals surface area (Å²) in [6, 6.07) is 6.74. The molecule has 1 aromatic carbocycles. The maximum absolute atomic E-state index is 12.6. The third kappa shape index (κ3) is 4.10. The number of amides is 2. The van der Waals surface area contributed by atoms with Crippen LogP contribution in [0.1, 0.15) is 51.4 Å². The van der Waals surface area contributed by atoms with E-state index in [0.29, 0.717) is 43.1 Å². The lowest BCUT2D eigenvalue weighted by Crippen LogP contribution is -2.39. The van der Waals surface area contributed by atoms with Crippen molar-refractivity contribution in [1.82, 2.24) is 5.32 Å². The van der Waals surface area contributed by atoms with Crippen molar-refractivity contribution in [3.8, 4) is 5.75 Å². The lowest BCUT2D eigenvalue weighted by molar-refractivity contribution is -0.119. The molecule has 2 bridgehead atoms. The van der Waals surface area contributed by atoms with E-state index in [1.165, 1.54) is 12.8 Å². The van der Waals surface area contributed by atoms with E-state index in [0.717, 1.165) is 37.1 Å². The number of methoxy groups -OCH3 is 1. The van der Waals surface area contributed by atoms with Crippen molar-refractivity contribution < 1.29 is 14.3 Å². The normalized spacial score (nSPS) is 27.5. The summed E-state index contributed by atoms with van der Waals surface area (Å²) >= 11 is 0. The standard InChI is InChI=1S/C21H29N3O3/c1-27-19-8-7-17(13-18(19)24-9-3-2-4-21(24)26)23-20(25)12-14-10-15-5-6-16(11-14)22-15/h7-8,13-16,22H,2-6,9-12H2,1H3,(H,23,25). The Kier molecular flexibility index (Phi) is 5.34. The molecule has 0 spiro atoms. The summed E-state index contributed by atoms with van der Waals surface area (Å²) in [4.78, 5) is 26.7. The van der Waals surface area contributed by atoms with Gasteiger partial charge in [-0.1, -0.05) is 0 Å². The third-order valence-electron chi connectivity index (χ3n) is 6.12. The molecule has 3 aliphatic rings. The summed E-state index contributed by atoms with van der Waals surface area (Å²) in [6.45, 7) is 0.699. The number of fused-ring (bicyclic) bond motifs is 2. The number of carbonyl (C=O) groups excluding carboxylic acids is 2. The van der Waals surface area contributed by atoms with Gasteiger partial charge in [-0.2, -0.15) is 0 Å². The Morgan fingerprint density at radius 2 is 2.04 bits per heavy atom. The van der Waals surface area contributed by atoms with Gasteiger partial charge in [-0.15, -0.1) is 0 Å². The van der Waals surface area contributed by atoms with E-state index < -0.39 is 0 Å². The Balaban J connectivity index is 1.43. The second-order valence-corrected chi connectivity index (χ2v) is 8.12. The van der Waals surface area contributed by atoms with Gasteiger partial charge in [0, 0.05) is 37.2 Å². The second-order valence-electron chi connectivity index (χ2n) is 8.12. The van der Waals surface area contributed by atoms with Crippen LogP contribution < -0.4 is 20.3 Å². The molecule has 2 atom stereocenters. The Hall–Kier alpha value is -2.08. The zero-order valence-corrected chi connectivity index (χ0v) is 16.0. The van der Waals surface area contributed by atoms with Crippen molar-refractivity contribution in [3.05, 3.63) is 18.2 Å². The largest absolute Gasteiger partial charge is 0.495 e. The van der Waals surface area contributed by atoms with Crippen LogP contribution in [0.2, 0.25) is 0 Å². The first kappa shape index (κ1) is 18.3. The third-order valence-corrected chi connectivity index (χ3v) is 6.12. The van der Waals surface area contributed by atoms with E-state index in [1.54, 1.807) is 12.0 Å². The van der Waals surface area contributed by atoms with Gasteiger partial charge in [0.1, 0.15) is 5.75 Å². The highest BCUT2D eigenvalue weighted by Gasteiger charge is 2.34. The molecule has 1 aromatic rings. The molecule has 2 amide bonds. The van der Waals surface area contributed by atoms with Gasteiger partial charge in [-0.3, -0.25) is 9.59 Å². The minimum Gasteiger partial charge on any atom is -0.495 e. The Morgan fingerprint density at radius 1 is 1.26 bits per heavy atom. The van der Waals surface area contributed by atoms with Crippen LogP contribution in [0.4, 0.5) is 11.4 Å².